The van der Waals surface area contributed by atoms with Crippen LogP contribution in [0.4, 0.5) is 11.4 Å². The standard InChI is InChI=1S/C7H8BrN3O2/c8-4-5-2-1-3-6(10-9)7(5)11(12)13/h1-3,10H,4,9H2. The average Bonchev–Trinajstić information content (AvgIpc) is 2.16. The topological polar surface area (TPSA) is 81.2 Å². The lowest BCUT2D eigenvalue weighted by atomic mass is 10.2. The number of anilines is 1. The highest BCUT2D eigenvalue weighted by atomic mass is 79.9. The SMILES string of the molecule is NNc1cccc(CBr)c1[N+](=O)[O-]. The Kier molecular flexibility index (Phi) is 3.21. The monoisotopic (exact) mass is 245 g/mol. The number of nitrogens with one attached hydrogen (secondary N) is 1. The minimum atomic E-state index is -0.453. The molecule has 0 radical (unpaired) electrons. The minimum absolute atomic E-state index is 0.0156. The van der Waals surface area contributed by atoms with Gasteiger partial charge in [0.15, 0.2) is 0 Å². The first-order valence-corrected chi connectivity index (χ1v) is 4.61. The Hall–Kier alpha value is -1.14. The number of alkyl halides is 1. The van der Waals surface area contributed by atoms with E-state index in [1.807, 2.05) is 0 Å². The van der Waals surface area contributed by atoms with E-state index in [1.165, 1.54) is 0 Å². The van der Waals surface area contributed by atoms with E-state index in [9.17, 15) is 10.1 Å². The van der Waals surface area contributed by atoms with Crippen molar-refractivity contribution in [2.24, 2.45) is 5.84 Å². The van der Waals surface area contributed by atoms with E-state index in [-0.39, 0.29) is 5.69 Å². The van der Waals surface area contributed by atoms with E-state index in [1.54, 1.807) is 18.2 Å². The van der Waals surface area contributed by atoms with Crippen molar-refractivity contribution < 1.29 is 4.92 Å². The van der Waals surface area contributed by atoms with Gasteiger partial charge in [-0.25, -0.2) is 0 Å². The van der Waals surface area contributed by atoms with Gasteiger partial charge in [0.2, 0.25) is 0 Å². The zero-order valence-corrected chi connectivity index (χ0v) is 8.24. The summed E-state index contributed by atoms with van der Waals surface area (Å²) in [7, 11) is 0. The molecule has 70 valence electrons. The lowest BCUT2D eigenvalue weighted by Crippen LogP contribution is -2.09. The Balaban J connectivity index is 3.29. The number of nitrogens with zero attached hydrogens (tertiary/aromatic N) is 1. The Labute approximate surface area is 83.2 Å². The molecule has 3 N–H and O–H groups in total. The van der Waals surface area contributed by atoms with E-state index in [4.69, 9.17) is 5.84 Å². The fraction of sp³-hybridized carbons (Fsp3) is 0.143. The van der Waals surface area contributed by atoms with Crippen molar-refractivity contribution >= 4 is 27.3 Å². The predicted octanol–water partition coefficient (Wildman–Crippen LogP) is 1.78. The number of rotatable bonds is 3. The molecule has 0 heterocycles. The molecule has 0 amide bonds. The van der Waals surface area contributed by atoms with Crippen LogP contribution in [0.1, 0.15) is 5.56 Å². The third-order valence-corrected chi connectivity index (χ3v) is 2.21. The molecule has 0 fully saturated rings. The van der Waals surface area contributed by atoms with Gasteiger partial charge in [0.05, 0.1) is 4.92 Å². The highest BCUT2D eigenvalue weighted by Gasteiger charge is 2.17. The maximum Gasteiger partial charge on any atom is 0.297 e. The lowest BCUT2D eigenvalue weighted by Gasteiger charge is -2.04. The smallest absolute Gasteiger partial charge is 0.297 e. The van der Waals surface area contributed by atoms with Gasteiger partial charge >= 0.3 is 0 Å². The molecule has 5 nitrogen and oxygen atoms in total. The van der Waals surface area contributed by atoms with Crippen LogP contribution in [0, 0.1) is 10.1 Å². The summed E-state index contributed by atoms with van der Waals surface area (Å²) in [5.41, 5.74) is 3.22. The highest BCUT2D eigenvalue weighted by molar-refractivity contribution is 9.08. The first-order valence-electron chi connectivity index (χ1n) is 3.49. The van der Waals surface area contributed by atoms with Crippen LogP contribution in [0.2, 0.25) is 0 Å². The summed E-state index contributed by atoms with van der Waals surface area (Å²) in [6, 6.07) is 4.94. The molecule has 0 saturated heterocycles. The van der Waals surface area contributed by atoms with Gasteiger partial charge in [0.1, 0.15) is 5.69 Å². The molecular formula is C7H8BrN3O2. The molecule has 1 rings (SSSR count). The third kappa shape index (κ3) is 1.96. The molecule has 0 bridgehead atoms. The molecule has 0 atom stereocenters. The van der Waals surface area contributed by atoms with Crippen LogP contribution in [0.3, 0.4) is 0 Å². The van der Waals surface area contributed by atoms with Gasteiger partial charge in [0, 0.05) is 10.9 Å². The van der Waals surface area contributed by atoms with Gasteiger partial charge in [-0.15, -0.1) is 0 Å². The maximum absolute atomic E-state index is 10.6. The number of benzene rings is 1. The van der Waals surface area contributed by atoms with E-state index in [0.717, 1.165) is 0 Å². The largest absolute Gasteiger partial charge is 0.318 e. The van der Waals surface area contributed by atoms with Crippen LogP contribution in [0.25, 0.3) is 0 Å². The van der Waals surface area contributed by atoms with E-state index in [2.05, 4.69) is 21.4 Å². The molecule has 1 aromatic rings. The number of para-hydroxylation sites is 1. The Morgan fingerprint density at radius 3 is 2.77 bits per heavy atom. The molecule has 13 heavy (non-hydrogen) atoms. The number of nitrogens with two attached hydrogens (primary N) is 1. The molecule has 0 spiro atoms. The number of hydrogen-bond acceptors (Lipinski definition) is 4. The summed E-state index contributed by atoms with van der Waals surface area (Å²) in [6.07, 6.45) is 0. The van der Waals surface area contributed by atoms with Crippen molar-refractivity contribution in [1.29, 1.82) is 0 Å². The van der Waals surface area contributed by atoms with Crippen molar-refractivity contribution in [3.63, 3.8) is 0 Å². The number of nitro groups is 1. The average molecular weight is 246 g/mol. The molecule has 6 heteroatoms. The maximum atomic E-state index is 10.6. The predicted molar refractivity (Wildman–Crippen MR) is 53.5 cm³/mol. The Bertz CT molecular complexity index is 307. The zero-order valence-electron chi connectivity index (χ0n) is 6.66. The summed E-state index contributed by atoms with van der Waals surface area (Å²) in [4.78, 5) is 10.2. The highest BCUT2D eigenvalue weighted by Crippen LogP contribution is 2.28. The van der Waals surface area contributed by atoms with Crippen LogP contribution in [-0.2, 0) is 5.33 Å². The first-order chi connectivity index (χ1) is 6.20. The quantitative estimate of drug-likeness (QED) is 0.368. The van der Waals surface area contributed by atoms with Crippen molar-refractivity contribution in [3.8, 4) is 0 Å². The minimum Gasteiger partial charge on any atom is -0.318 e. The van der Waals surface area contributed by atoms with Gasteiger partial charge < -0.3 is 5.43 Å². The number of nitrogen functional groups attached to an aromatic ring is 1. The first kappa shape index (κ1) is 9.94. The molecule has 0 aliphatic heterocycles. The molecule has 0 aliphatic rings. The number of hydrazine groups is 1. The normalized spacial score (nSPS) is 9.69. The number of hydrogen-bond donors (Lipinski definition) is 2. The molecule has 0 saturated carbocycles. The van der Waals surface area contributed by atoms with Crippen LogP contribution in [0.5, 0.6) is 0 Å². The summed E-state index contributed by atoms with van der Waals surface area (Å²) in [5.74, 6) is 5.14. The molecule has 0 aromatic heterocycles. The van der Waals surface area contributed by atoms with E-state index in [0.29, 0.717) is 16.6 Å². The number of nitro benzene ring substituents is 1. The summed E-state index contributed by atoms with van der Waals surface area (Å²) in [5, 5.41) is 11.1. The zero-order chi connectivity index (χ0) is 9.84. The fourth-order valence-electron chi connectivity index (χ4n) is 1.03. The van der Waals surface area contributed by atoms with Gasteiger partial charge in [-0.1, -0.05) is 28.1 Å². The third-order valence-electron chi connectivity index (χ3n) is 1.60. The van der Waals surface area contributed by atoms with Crippen LogP contribution in [0.15, 0.2) is 18.2 Å². The number of halogens is 1. The van der Waals surface area contributed by atoms with Crippen LogP contribution in [-0.4, -0.2) is 4.92 Å². The molecule has 0 unspecified atom stereocenters. The van der Waals surface area contributed by atoms with Crippen molar-refractivity contribution in [1.82, 2.24) is 0 Å². The lowest BCUT2D eigenvalue weighted by molar-refractivity contribution is -0.384. The van der Waals surface area contributed by atoms with E-state index < -0.39 is 4.92 Å². The van der Waals surface area contributed by atoms with Gasteiger partial charge in [0.25, 0.3) is 5.69 Å². The summed E-state index contributed by atoms with van der Waals surface area (Å²) < 4.78 is 0. The fourth-order valence-corrected chi connectivity index (χ4v) is 1.48. The second kappa shape index (κ2) is 4.20. The Morgan fingerprint density at radius 2 is 2.31 bits per heavy atom. The molecular weight excluding hydrogens is 238 g/mol. The summed E-state index contributed by atoms with van der Waals surface area (Å²) >= 11 is 3.17. The van der Waals surface area contributed by atoms with Gasteiger partial charge in [-0.3, -0.25) is 16.0 Å². The van der Waals surface area contributed by atoms with Crippen LogP contribution < -0.4 is 11.3 Å². The van der Waals surface area contributed by atoms with Gasteiger partial charge in [-0.05, 0) is 6.07 Å². The molecule has 1 aromatic carbocycles. The van der Waals surface area contributed by atoms with E-state index >= 15 is 0 Å². The Morgan fingerprint density at radius 1 is 1.62 bits per heavy atom. The van der Waals surface area contributed by atoms with Crippen LogP contribution >= 0.6 is 15.9 Å². The van der Waals surface area contributed by atoms with Gasteiger partial charge in [-0.2, -0.15) is 0 Å². The van der Waals surface area contributed by atoms with Crippen molar-refractivity contribution in [3.05, 3.63) is 33.9 Å². The van der Waals surface area contributed by atoms with Crippen molar-refractivity contribution in [2.75, 3.05) is 5.43 Å². The summed E-state index contributed by atoms with van der Waals surface area (Å²) in [6.45, 7) is 0. The second-order valence-corrected chi connectivity index (χ2v) is 2.91. The van der Waals surface area contributed by atoms with Crippen molar-refractivity contribution in [2.45, 2.75) is 5.33 Å². The molecule has 0 aliphatic carbocycles. The second-order valence-electron chi connectivity index (χ2n) is 2.35.